The van der Waals surface area contributed by atoms with Crippen LogP contribution in [0.25, 0.3) is 0 Å². The molecule has 0 aliphatic carbocycles. The molecule has 0 fully saturated rings. The van der Waals surface area contributed by atoms with E-state index in [0.717, 1.165) is 0 Å². The van der Waals surface area contributed by atoms with Gasteiger partial charge in [0.25, 0.3) is 0 Å². The van der Waals surface area contributed by atoms with Gasteiger partial charge in [0.2, 0.25) is 0 Å². The zero-order valence-electron chi connectivity index (χ0n) is 13.5. The van der Waals surface area contributed by atoms with Gasteiger partial charge in [-0.2, -0.15) is 0 Å². The molecule has 0 aliphatic rings. The molecule has 12 heteroatoms. The molecular formula is C11H21NNa2O9. The number of rotatable bonds is 9. The fourth-order valence-electron chi connectivity index (χ4n) is 1.10. The summed E-state index contributed by atoms with van der Waals surface area (Å²) in [5.74, 6) is -2.73. The standard InChI is InChI=1S/C7H17NO5.C4H6O4.2Na/c1-8-2-4(10)6(12)7(13)5(11)3-9;5-3(6)1-2-4(7)8;;/h4-13H,2-3H2,1H3;1-2H2,(H,5,6)(H,7,8);;/q;;2*+1/p-2. The smallest absolute Gasteiger partial charge is 0.550 e. The van der Waals surface area contributed by atoms with Crippen molar-refractivity contribution in [1.82, 2.24) is 5.32 Å². The molecule has 0 radical (unpaired) electrons. The fourth-order valence-corrected chi connectivity index (χ4v) is 1.10. The Hall–Kier alpha value is 0.700. The van der Waals surface area contributed by atoms with Crippen molar-refractivity contribution in [2.75, 3.05) is 20.2 Å². The zero-order chi connectivity index (χ0) is 17.0. The van der Waals surface area contributed by atoms with E-state index in [1.54, 1.807) is 7.05 Å². The zero-order valence-corrected chi connectivity index (χ0v) is 17.5. The first-order valence-electron chi connectivity index (χ1n) is 6.04. The van der Waals surface area contributed by atoms with Gasteiger partial charge >= 0.3 is 59.1 Å². The first-order valence-corrected chi connectivity index (χ1v) is 6.04. The molecule has 6 N–H and O–H groups in total. The molecule has 10 nitrogen and oxygen atoms in total. The van der Waals surface area contributed by atoms with Crippen molar-refractivity contribution in [3.63, 3.8) is 0 Å². The number of likely N-dealkylation sites (N-methyl/N-ethyl adjacent to an activating group) is 1. The molecule has 0 saturated carbocycles. The average molecular weight is 357 g/mol. The second kappa shape index (κ2) is 19.0. The number of aliphatic carboxylic acids is 2. The van der Waals surface area contributed by atoms with E-state index in [1.165, 1.54) is 0 Å². The van der Waals surface area contributed by atoms with Crippen LogP contribution in [-0.4, -0.2) is 82.1 Å². The van der Waals surface area contributed by atoms with Gasteiger partial charge in [-0.05, 0) is 19.9 Å². The number of carbonyl (C=O) groups is 2. The minimum atomic E-state index is -1.55. The van der Waals surface area contributed by atoms with Crippen LogP contribution in [0, 0.1) is 0 Å². The van der Waals surface area contributed by atoms with Crippen LogP contribution in [0.4, 0.5) is 0 Å². The van der Waals surface area contributed by atoms with Gasteiger partial charge in [0, 0.05) is 18.5 Å². The third kappa shape index (κ3) is 18.9. The topological polar surface area (TPSA) is 193 Å². The summed E-state index contributed by atoms with van der Waals surface area (Å²) in [7, 11) is 1.57. The molecule has 0 aromatic heterocycles. The van der Waals surface area contributed by atoms with Crippen LogP contribution in [0.1, 0.15) is 12.8 Å². The molecule has 0 spiro atoms. The van der Waals surface area contributed by atoms with Crippen molar-refractivity contribution in [3.05, 3.63) is 0 Å². The second-order valence-electron chi connectivity index (χ2n) is 4.10. The first kappa shape index (κ1) is 31.5. The maximum absolute atomic E-state index is 9.50. The summed E-state index contributed by atoms with van der Waals surface area (Å²) in [6, 6.07) is 0. The minimum Gasteiger partial charge on any atom is -0.550 e. The average Bonchev–Trinajstić information content (AvgIpc) is 2.43. The summed E-state index contributed by atoms with van der Waals surface area (Å²) in [5.41, 5.74) is 0. The van der Waals surface area contributed by atoms with Crippen molar-refractivity contribution in [2.45, 2.75) is 37.3 Å². The van der Waals surface area contributed by atoms with E-state index >= 15 is 0 Å². The number of aliphatic hydroxyl groups is 5. The number of nitrogens with one attached hydrogen (secondary N) is 1. The van der Waals surface area contributed by atoms with E-state index in [-0.39, 0.29) is 65.7 Å². The molecule has 0 amide bonds. The van der Waals surface area contributed by atoms with Crippen LogP contribution >= 0.6 is 0 Å². The molecule has 0 aromatic rings. The SMILES string of the molecule is CNCC(O)C(O)C(O)C(O)CO.O=C([O-])CCC(=O)[O-].[Na+].[Na+]. The molecule has 0 aromatic carbocycles. The van der Waals surface area contributed by atoms with Crippen molar-refractivity contribution < 1.29 is 104 Å². The predicted molar refractivity (Wildman–Crippen MR) is 64.3 cm³/mol. The largest absolute Gasteiger partial charge is 1.00 e. The Balaban J connectivity index is -0.000000158. The summed E-state index contributed by atoms with van der Waals surface area (Å²) in [5, 5.41) is 66.5. The Morgan fingerprint density at radius 3 is 1.52 bits per heavy atom. The molecule has 4 unspecified atom stereocenters. The minimum absolute atomic E-state index is 0. The second-order valence-corrected chi connectivity index (χ2v) is 4.10. The van der Waals surface area contributed by atoms with Crippen molar-refractivity contribution in [3.8, 4) is 0 Å². The summed E-state index contributed by atoms with van der Waals surface area (Å²) in [4.78, 5) is 19.0. The van der Waals surface area contributed by atoms with E-state index in [0.29, 0.717) is 0 Å². The van der Waals surface area contributed by atoms with Gasteiger partial charge in [-0.15, -0.1) is 0 Å². The third-order valence-corrected chi connectivity index (χ3v) is 2.27. The molecular weight excluding hydrogens is 336 g/mol. The molecule has 126 valence electrons. The number of carbonyl (C=O) groups excluding carboxylic acids is 2. The van der Waals surface area contributed by atoms with Crippen LogP contribution < -0.4 is 74.6 Å². The summed E-state index contributed by atoms with van der Waals surface area (Å²) in [6.07, 6.45) is -6.59. The first-order chi connectivity index (χ1) is 9.67. The van der Waals surface area contributed by atoms with Crippen LogP contribution in [0.3, 0.4) is 0 Å². The van der Waals surface area contributed by atoms with Crippen molar-refractivity contribution in [1.29, 1.82) is 0 Å². The Kier molecular flexibility index (Phi) is 26.0. The normalized spacial score (nSPS) is 14.7. The van der Waals surface area contributed by atoms with Gasteiger partial charge in [-0.25, -0.2) is 0 Å². The number of aliphatic hydroxyl groups excluding tert-OH is 5. The van der Waals surface area contributed by atoms with Crippen LogP contribution in [0.15, 0.2) is 0 Å². The summed E-state index contributed by atoms with van der Waals surface area (Å²) < 4.78 is 0. The van der Waals surface area contributed by atoms with Gasteiger partial charge in [-0.3, -0.25) is 0 Å². The summed E-state index contributed by atoms with van der Waals surface area (Å²) in [6.45, 7) is -0.569. The van der Waals surface area contributed by atoms with E-state index in [2.05, 4.69) is 5.32 Å². The van der Waals surface area contributed by atoms with E-state index < -0.39 is 55.8 Å². The molecule has 0 bridgehead atoms. The molecule has 0 aliphatic heterocycles. The van der Waals surface area contributed by atoms with E-state index in [4.69, 9.17) is 20.4 Å². The Morgan fingerprint density at radius 1 is 0.913 bits per heavy atom. The molecule has 0 heterocycles. The van der Waals surface area contributed by atoms with Crippen LogP contribution in [0.2, 0.25) is 0 Å². The fraction of sp³-hybridized carbons (Fsp3) is 0.818. The van der Waals surface area contributed by atoms with E-state index in [9.17, 15) is 24.9 Å². The van der Waals surface area contributed by atoms with Gasteiger partial charge < -0.3 is 50.7 Å². The molecule has 23 heavy (non-hydrogen) atoms. The Morgan fingerprint density at radius 2 is 1.26 bits per heavy atom. The maximum atomic E-state index is 9.50. The van der Waals surface area contributed by atoms with Gasteiger partial charge in [0.15, 0.2) is 0 Å². The molecule has 4 atom stereocenters. The number of carboxylic acids is 2. The predicted octanol–water partition coefficient (Wildman–Crippen LogP) is -12.1. The van der Waals surface area contributed by atoms with Crippen LogP contribution in [-0.2, 0) is 9.59 Å². The van der Waals surface area contributed by atoms with Crippen molar-refractivity contribution >= 4 is 11.9 Å². The third-order valence-electron chi connectivity index (χ3n) is 2.27. The number of hydrogen-bond acceptors (Lipinski definition) is 10. The number of carboxylic acid groups (broad SMARTS) is 2. The summed E-state index contributed by atoms with van der Waals surface area (Å²) >= 11 is 0. The monoisotopic (exact) mass is 357 g/mol. The van der Waals surface area contributed by atoms with E-state index in [1.807, 2.05) is 0 Å². The van der Waals surface area contributed by atoms with Gasteiger partial charge in [0.1, 0.15) is 18.3 Å². The van der Waals surface area contributed by atoms with Crippen molar-refractivity contribution in [2.24, 2.45) is 0 Å². The van der Waals surface area contributed by atoms with Gasteiger partial charge in [-0.1, -0.05) is 0 Å². The molecule has 0 rings (SSSR count). The maximum Gasteiger partial charge on any atom is 1.00 e. The molecule has 0 saturated heterocycles. The Bertz CT molecular complexity index is 295. The van der Waals surface area contributed by atoms with Gasteiger partial charge in [0.05, 0.1) is 12.7 Å². The number of hydrogen-bond donors (Lipinski definition) is 6. The van der Waals surface area contributed by atoms with Crippen LogP contribution in [0.5, 0.6) is 0 Å². The quantitative estimate of drug-likeness (QED) is 0.216. The Labute approximate surface area is 178 Å².